The zero-order valence-corrected chi connectivity index (χ0v) is 24.2. The van der Waals surface area contributed by atoms with Crippen molar-refractivity contribution in [3.63, 3.8) is 0 Å². The van der Waals surface area contributed by atoms with Crippen LogP contribution in [0.2, 0.25) is 0 Å². The number of nitrogens with one attached hydrogen (secondary N) is 1. The molecule has 0 aliphatic carbocycles. The van der Waals surface area contributed by atoms with Crippen molar-refractivity contribution >= 4 is 21.6 Å². The molecule has 1 amide bonds. The SMILES string of the molecule is CS(=O)(=O)c1ccc(CN2CCN(c3ccc(C(=O)NC4CCN(Cc5ccc(C#N)cc5)CC4)cn3)CC2)cc1. The van der Waals surface area contributed by atoms with E-state index in [-0.39, 0.29) is 11.9 Å². The quantitative estimate of drug-likeness (QED) is 0.439. The number of hydrogen-bond donors (Lipinski definition) is 1. The van der Waals surface area contributed by atoms with Crippen LogP contribution in [0.25, 0.3) is 0 Å². The highest BCUT2D eigenvalue weighted by molar-refractivity contribution is 7.90. The maximum absolute atomic E-state index is 12.9. The number of aromatic nitrogens is 1. The number of anilines is 1. The van der Waals surface area contributed by atoms with Crippen molar-refractivity contribution in [1.29, 1.82) is 5.26 Å². The first-order chi connectivity index (χ1) is 19.8. The van der Waals surface area contributed by atoms with Crippen molar-refractivity contribution in [1.82, 2.24) is 20.1 Å². The summed E-state index contributed by atoms with van der Waals surface area (Å²) in [5, 5.41) is 12.1. The van der Waals surface area contributed by atoms with Crippen molar-refractivity contribution in [2.45, 2.75) is 36.9 Å². The van der Waals surface area contributed by atoms with Gasteiger partial charge in [-0.2, -0.15) is 5.26 Å². The number of likely N-dealkylation sites (tertiary alicyclic amines) is 1. The molecule has 0 radical (unpaired) electrons. The van der Waals surface area contributed by atoms with Gasteiger partial charge in [-0.15, -0.1) is 0 Å². The van der Waals surface area contributed by atoms with Crippen LogP contribution < -0.4 is 10.2 Å². The van der Waals surface area contributed by atoms with Crippen molar-refractivity contribution in [2.75, 3.05) is 50.4 Å². The van der Waals surface area contributed by atoms with Crippen LogP contribution in [0.15, 0.2) is 71.8 Å². The molecule has 2 saturated heterocycles. The van der Waals surface area contributed by atoms with Gasteiger partial charge in [-0.1, -0.05) is 24.3 Å². The minimum absolute atomic E-state index is 0.0821. The highest BCUT2D eigenvalue weighted by atomic mass is 32.2. The lowest BCUT2D eigenvalue weighted by molar-refractivity contribution is 0.0908. The van der Waals surface area contributed by atoms with Crippen molar-refractivity contribution in [2.24, 2.45) is 0 Å². The molecule has 1 N–H and O–H groups in total. The number of piperidine rings is 1. The number of rotatable bonds is 8. The number of sulfone groups is 1. The van der Waals surface area contributed by atoms with E-state index in [2.05, 4.69) is 31.1 Å². The number of nitriles is 1. The summed E-state index contributed by atoms with van der Waals surface area (Å²) in [5.74, 6) is 0.788. The molecular formula is C31H36N6O3S. The molecule has 3 heterocycles. The normalized spacial score (nSPS) is 17.2. The maximum Gasteiger partial charge on any atom is 0.253 e. The van der Waals surface area contributed by atoms with Gasteiger partial charge in [0.05, 0.1) is 22.1 Å². The van der Waals surface area contributed by atoms with Crippen LogP contribution in [0.4, 0.5) is 5.82 Å². The largest absolute Gasteiger partial charge is 0.354 e. The van der Waals surface area contributed by atoms with Gasteiger partial charge in [0, 0.05) is 70.9 Å². The smallest absolute Gasteiger partial charge is 0.253 e. The van der Waals surface area contributed by atoms with E-state index < -0.39 is 9.84 Å². The summed E-state index contributed by atoms with van der Waals surface area (Å²) in [7, 11) is -3.18. The van der Waals surface area contributed by atoms with Gasteiger partial charge in [0.2, 0.25) is 0 Å². The molecule has 2 fully saturated rings. The Kier molecular flexibility index (Phi) is 8.98. The fourth-order valence-corrected chi connectivity index (χ4v) is 6.02. The van der Waals surface area contributed by atoms with Crippen LogP contribution in [-0.2, 0) is 22.9 Å². The third-order valence-corrected chi connectivity index (χ3v) is 9.00. The second kappa shape index (κ2) is 12.8. The Labute approximate surface area is 242 Å². The highest BCUT2D eigenvalue weighted by Crippen LogP contribution is 2.18. The number of hydrogen-bond acceptors (Lipinski definition) is 8. The molecule has 9 nitrogen and oxygen atoms in total. The Balaban J connectivity index is 1.05. The molecule has 41 heavy (non-hydrogen) atoms. The van der Waals surface area contributed by atoms with Crippen LogP contribution in [0.5, 0.6) is 0 Å². The van der Waals surface area contributed by atoms with Crippen LogP contribution in [-0.4, -0.2) is 80.7 Å². The van der Waals surface area contributed by atoms with Crippen LogP contribution >= 0.6 is 0 Å². The number of pyridine rings is 1. The summed E-state index contributed by atoms with van der Waals surface area (Å²) in [4.78, 5) is 24.8. The summed E-state index contributed by atoms with van der Waals surface area (Å²) in [6, 6.07) is 20.9. The number of benzene rings is 2. The number of carbonyl (C=O) groups is 1. The number of carbonyl (C=O) groups excluding carboxylic acids is 1. The predicted molar refractivity (Wildman–Crippen MR) is 158 cm³/mol. The molecule has 0 bridgehead atoms. The zero-order chi connectivity index (χ0) is 28.8. The first kappa shape index (κ1) is 28.7. The summed E-state index contributed by atoms with van der Waals surface area (Å²) >= 11 is 0. The Morgan fingerprint density at radius 2 is 1.46 bits per heavy atom. The molecule has 10 heteroatoms. The van der Waals surface area contributed by atoms with E-state index in [0.29, 0.717) is 16.0 Å². The maximum atomic E-state index is 12.9. The first-order valence-electron chi connectivity index (χ1n) is 14.0. The molecule has 3 aromatic rings. The zero-order valence-electron chi connectivity index (χ0n) is 23.4. The summed E-state index contributed by atoms with van der Waals surface area (Å²) in [6.07, 6.45) is 4.69. The number of nitrogens with zero attached hydrogens (tertiary/aromatic N) is 5. The minimum atomic E-state index is -3.18. The fourth-order valence-electron chi connectivity index (χ4n) is 5.39. The van der Waals surface area contributed by atoms with Crippen molar-refractivity contribution in [3.05, 3.63) is 89.1 Å². The molecule has 214 valence electrons. The second-order valence-electron chi connectivity index (χ2n) is 10.9. The van der Waals surface area contributed by atoms with Gasteiger partial charge in [-0.25, -0.2) is 13.4 Å². The molecule has 2 aromatic carbocycles. The molecule has 2 aliphatic rings. The molecule has 0 saturated carbocycles. The van der Waals surface area contributed by atoms with E-state index in [4.69, 9.17) is 5.26 Å². The summed E-state index contributed by atoms with van der Waals surface area (Å²) < 4.78 is 23.4. The average Bonchev–Trinajstić information content (AvgIpc) is 2.99. The fraction of sp³-hybridized carbons (Fsp3) is 0.387. The predicted octanol–water partition coefficient (Wildman–Crippen LogP) is 3.07. The van der Waals surface area contributed by atoms with E-state index >= 15 is 0 Å². The lowest BCUT2D eigenvalue weighted by Crippen LogP contribution is -2.46. The first-order valence-corrected chi connectivity index (χ1v) is 15.9. The standard InChI is InChI=1S/C31H36N6O3S/c1-41(39,40)29-9-6-26(7-10-29)23-36-16-18-37(19-17-36)30-11-8-27(21-33-30)31(38)34-28-12-14-35(15-13-28)22-25-4-2-24(20-32)3-5-25/h2-11,21,28H,12-19,22-23H2,1H3,(H,34,38). The monoisotopic (exact) mass is 572 g/mol. The van der Waals surface area contributed by atoms with Gasteiger partial charge in [-0.05, 0) is 60.4 Å². The third kappa shape index (κ3) is 7.70. The topological polar surface area (TPSA) is 110 Å². The third-order valence-electron chi connectivity index (χ3n) is 7.88. The lowest BCUT2D eigenvalue weighted by atomic mass is 10.0. The Bertz CT molecular complexity index is 1470. The number of amides is 1. The molecular weight excluding hydrogens is 536 g/mol. The van der Waals surface area contributed by atoms with Crippen LogP contribution in [0.3, 0.4) is 0 Å². The van der Waals surface area contributed by atoms with E-state index in [1.807, 2.05) is 48.5 Å². The Hall–Kier alpha value is -3.78. The van der Waals surface area contributed by atoms with Gasteiger partial charge in [0.25, 0.3) is 5.91 Å². The highest BCUT2D eigenvalue weighted by Gasteiger charge is 2.22. The van der Waals surface area contributed by atoms with Crippen LogP contribution in [0.1, 0.15) is 39.9 Å². The van der Waals surface area contributed by atoms with E-state index in [9.17, 15) is 13.2 Å². The van der Waals surface area contributed by atoms with Gasteiger partial charge in [0.1, 0.15) is 5.82 Å². The van der Waals surface area contributed by atoms with E-state index in [1.165, 1.54) is 11.8 Å². The van der Waals surface area contributed by atoms with Crippen molar-refractivity contribution in [3.8, 4) is 6.07 Å². The molecule has 5 rings (SSSR count). The molecule has 0 spiro atoms. The van der Waals surface area contributed by atoms with E-state index in [0.717, 1.165) is 76.6 Å². The Morgan fingerprint density at radius 3 is 2.00 bits per heavy atom. The number of piperazine rings is 1. The Morgan fingerprint density at radius 1 is 0.878 bits per heavy atom. The minimum Gasteiger partial charge on any atom is -0.354 e. The van der Waals surface area contributed by atoms with Gasteiger partial charge in [-0.3, -0.25) is 14.6 Å². The van der Waals surface area contributed by atoms with Crippen LogP contribution in [0, 0.1) is 11.3 Å². The lowest BCUT2D eigenvalue weighted by Gasteiger charge is -2.35. The molecule has 0 unspecified atom stereocenters. The van der Waals surface area contributed by atoms with Gasteiger partial charge < -0.3 is 10.2 Å². The molecule has 0 atom stereocenters. The van der Waals surface area contributed by atoms with Gasteiger partial charge in [0.15, 0.2) is 9.84 Å². The summed E-state index contributed by atoms with van der Waals surface area (Å²) in [6.45, 7) is 6.88. The van der Waals surface area contributed by atoms with Gasteiger partial charge >= 0.3 is 0 Å². The second-order valence-corrected chi connectivity index (χ2v) is 12.9. The van der Waals surface area contributed by atoms with Crippen molar-refractivity contribution < 1.29 is 13.2 Å². The molecule has 1 aromatic heterocycles. The average molecular weight is 573 g/mol. The van der Waals surface area contributed by atoms with E-state index in [1.54, 1.807) is 18.3 Å². The summed E-state index contributed by atoms with van der Waals surface area (Å²) in [5.41, 5.74) is 3.54. The molecule has 2 aliphatic heterocycles.